The van der Waals surface area contributed by atoms with Crippen LogP contribution in [0.25, 0.3) is 21.9 Å². The predicted molar refractivity (Wildman–Crippen MR) is 174 cm³/mol. The van der Waals surface area contributed by atoms with Crippen LogP contribution in [0.2, 0.25) is 0 Å². The number of methoxy groups -OCH3 is 1. The molecule has 0 radical (unpaired) electrons. The van der Waals surface area contributed by atoms with Crippen LogP contribution in [0, 0.1) is 0 Å². The summed E-state index contributed by atoms with van der Waals surface area (Å²) in [6.45, 7) is 2.90. The van der Waals surface area contributed by atoms with E-state index in [1.165, 1.54) is 12.1 Å². The third-order valence-corrected chi connectivity index (χ3v) is 11.2. The molecule has 0 spiro atoms. The smallest absolute Gasteiger partial charge is 0.416 e. The van der Waals surface area contributed by atoms with Crippen molar-refractivity contribution in [1.29, 1.82) is 0 Å². The van der Waals surface area contributed by atoms with E-state index in [4.69, 9.17) is 4.74 Å². The monoisotopic (exact) mass is 667 g/mol. The lowest BCUT2D eigenvalue weighted by Crippen LogP contribution is -2.52. The number of pyridine rings is 1. The van der Waals surface area contributed by atoms with E-state index in [1.54, 1.807) is 13.8 Å². The Morgan fingerprint density at radius 3 is 2.38 bits per heavy atom. The quantitative estimate of drug-likeness (QED) is 0.219. The molecule has 2 aliphatic rings. The van der Waals surface area contributed by atoms with Gasteiger partial charge in [-0.2, -0.15) is 17.5 Å². The third kappa shape index (κ3) is 5.93. The Labute approximate surface area is 271 Å². The number of halogens is 3. The van der Waals surface area contributed by atoms with E-state index in [0.717, 1.165) is 70.1 Å². The van der Waals surface area contributed by atoms with Crippen LogP contribution in [-0.2, 0) is 32.2 Å². The first-order chi connectivity index (χ1) is 22.3. The Kier molecular flexibility index (Phi) is 8.69. The summed E-state index contributed by atoms with van der Waals surface area (Å²) in [7, 11) is -3.38. The molecule has 0 bridgehead atoms. The molecule has 12 heteroatoms. The molecule has 1 fully saturated rings. The zero-order valence-electron chi connectivity index (χ0n) is 26.3. The second kappa shape index (κ2) is 12.5. The molecule has 1 aliphatic heterocycles. The first-order valence-corrected chi connectivity index (χ1v) is 17.1. The van der Waals surface area contributed by atoms with Gasteiger partial charge in [-0.15, -0.1) is 0 Å². The molecule has 248 valence electrons. The number of hydrogen-bond acceptors (Lipinski definition) is 6. The van der Waals surface area contributed by atoms with Crippen LogP contribution in [0.1, 0.15) is 62.3 Å². The van der Waals surface area contributed by atoms with Crippen molar-refractivity contribution >= 4 is 32.5 Å². The van der Waals surface area contributed by atoms with E-state index in [2.05, 4.69) is 5.32 Å². The molecule has 8 nitrogen and oxygen atoms in total. The first-order valence-electron chi connectivity index (χ1n) is 15.6. The molecule has 1 aromatic heterocycles. The summed E-state index contributed by atoms with van der Waals surface area (Å²) in [6, 6.07) is 15.6. The van der Waals surface area contributed by atoms with Crippen molar-refractivity contribution in [2.45, 2.75) is 75.3 Å². The summed E-state index contributed by atoms with van der Waals surface area (Å²) in [4.78, 5) is 28.0. The van der Waals surface area contributed by atoms with Crippen molar-refractivity contribution in [3.05, 3.63) is 93.8 Å². The van der Waals surface area contributed by atoms with E-state index in [-0.39, 0.29) is 41.4 Å². The van der Waals surface area contributed by atoms with Crippen LogP contribution in [0.15, 0.2) is 76.6 Å². The van der Waals surface area contributed by atoms with Crippen LogP contribution in [0.4, 0.5) is 18.9 Å². The molecule has 1 unspecified atom stereocenters. The Hall–Kier alpha value is -4.16. The summed E-state index contributed by atoms with van der Waals surface area (Å²) in [5, 5.41) is 4.62. The number of anilines is 1. The number of rotatable bonds is 7. The first kappa shape index (κ1) is 32.8. The number of carbonyl (C=O) groups is 1. The number of aromatic nitrogens is 1. The number of nitrogens with zero attached hydrogens (tertiary/aromatic N) is 2. The van der Waals surface area contributed by atoms with Crippen LogP contribution < -0.4 is 10.9 Å². The van der Waals surface area contributed by atoms with Crippen LogP contribution in [0.5, 0.6) is 0 Å². The van der Waals surface area contributed by atoms with Gasteiger partial charge in [0, 0.05) is 30.6 Å². The minimum Gasteiger partial charge on any atom is -0.467 e. The Morgan fingerprint density at radius 2 is 1.70 bits per heavy atom. The standard InChI is InChI=1S/C35H36F3N3O5S/c1-21(2)40-20-29(34(43)46-3)41-32(42)31(39-26-15-5-6-16-26)28(19-23-12-8-11-22-10-4-7-17-27(22)23)30(33(41)47(40,44)45)24-13-9-14-25(18-24)35(36,37)38/h4,7-14,17-18,21,26,29,39H,5-6,15-16,19-20H2,1-3H3. The molecule has 2 heterocycles. The molecular formula is C35H36F3N3O5S. The van der Waals surface area contributed by atoms with Crippen molar-refractivity contribution < 1.29 is 31.1 Å². The molecule has 1 N–H and O–H groups in total. The van der Waals surface area contributed by atoms with Gasteiger partial charge in [0.15, 0.2) is 5.03 Å². The molecular weight excluding hydrogens is 631 g/mol. The number of alkyl halides is 3. The normalized spacial score (nSPS) is 18.4. The van der Waals surface area contributed by atoms with Crippen molar-refractivity contribution in [2.24, 2.45) is 0 Å². The molecule has 3 aromatic carbocycles. The van der Waals surface area contributed by atoms with E-state index >= 15 is 0 Å². The number of esters is 1. The Bertz CT molecular complexity index is 2010. The van der Waals surface area contributed by atoms with Gasteiger partial charge >= 0.3 is 12.1 Å². The van der Waals surface area contributed by atoms with Gasteiger partial charge in [-0.05, 0) is 66.3 Å². The van der Waals surface area contributed by atoms with Crippen LogP contribution in [-0.4, -0.2) is 49.0 Å². The summed E-state index contributed by atoms with van der Waals surface area (Å²) in [6.07, 6.45) is -1.33. The van der Waals surface area contributed by atoms with Gasteiger partial charge in [0.05, 0.1) is 12.7 Å². The minimum absolute atomic E-state index is 0.0329. The molecule has 1 aliphatic carbocycles. The molecule has 1 atom stereocenters. The molecule has 47 heavy (non-hydrogen) atoms. The third-order valence-electron chi connectivity index (χ3n) is 9.17. The summed E-state index contributed by atoms with van der Waals surface area (Å²) in [5.41, 5.74) is -0.715. The van der Waals surface area contributed by atoms with E-state index < -0.39 is 50.4 Å². The lowest BCUT2D eigenvalue weighted by atomic mass is 9.91. The highest BCUT2D eigenvalue weighted by Gasteiger charge is 2.46. The van der Waals surface area contributed by atoms with Gasteiger partial charge in [0.1, 0.15) is 11.7 Å². The highest BCUT2D eigenvalue weighted by Crippen LogP contribution is 2.43. The Morgan fingerprint density at radius 1 is 1.02 bits per heavy atom. The second-order valence-corrected chi connectivity index (χ2v) is 14.2. The maximum atomic E-state index is 14.7. The second-order valence-electron chi connectivity index (χ2n) is 12.4. The summed E-state index contributed by atoms with van der Waals surface area (Å²) >= 11 is 0. The predicted octanol–water partition coefficient (Wildman–Crippen LogP) is 6.76. The molecule has 1 saturated carbocycles. The summed E-state index contributed by atoms with van der Waals surface area (Å²) < 4.78 is 78.7. The van der Waals surface area contributed by atoms with Gasteiger partial charge < -0.3 is 10.1 Å². The number of nitrogens with one attached hydrogen (secondary N) is 1. The summed E-state index contributed by atoms with van der Waals surface area (Å²) in [5.74, 6) is -0.836. The van der Waals surface area contributed by atoms with Crippen molar-refractivity contribution in [2.75, 3.05) is 19.0 Å². The highest BCUT2D eigenvalue weighted by atomic mass is 32.2. The number of fused-ring (bicyclic) bond motifs is 2. The van der Waals surface area contributed by atoms with E-state index in [1.807, 2.05) is 42.5 Å². The van der Waals surface area contributed by atoms with Gasteiger partial charge in [-0.3, -0.25) is 9.36 Å². The topological polar surface area (TPSA) is 97.7 Å². The molecule has 4 aromatic rings. The number of benzene rings is 3. The molecule has 0 amide bonds. The van der Waals surface area contributed by atoms with Crippen LogP contribution >= 0.6 is 0 Å². The van der Waals surface area contributed by atoms with E-state index in [9.17, 15) is 31.2 Å². The van der Waals surface area contributed by atoms with Gasteiger partial charge in [-0.25, -0.2) is 13.2 Å². The van der Waals surface area contributed by atoms with Crippen molar-refractivity contribution in [3.8, 4) is 11.1 Å². The van der Waals surface area contributed by atoms with Crippen LogP contribution in [0.3, 0.4) is 0 Å². The fourth-order valence-corrected chi connectivity index (χ4v) is 8.98. The average molecular weight is 668 g/mol. The average Bonchev–Trinajstić information content (AvgIpc) is 3.55. The fraction of sp³-hybridized carbons (Fsp3) is 0.371. The Balaban J connectivity index is 1.78. The molecule has 0 saturated heterocycles. The van der Waals surface area contributed by atoms with Crippen molar-refractivity contribution in [3.63, 3.8) is 0 Å². The van der Waals surface area contributed by atoms with E-state index in [0.29, 0.717) is 0 Å². The zero-order chi connectivity index (χ0) is 33.7. The maximum absolute atomic E-state index is 14.7. The van der Waals surface area contributed by atoms with Crippen molar-refractivity contribution in [1.82, 2.24) is 8.87 Å². The minimum atomic E-state index is -4.72. The largest absolute Gasteiger partial charge is 0.467 e. The number of carbonyl (C=O) groups excluding carboxylic acids is 1. The number of hydrogen-bond donors (Lipinski definition) is 1. The number of sulfonamides is 1. The maximum Gasteiger partial charge on any atom is 0.416 e. The highest BCUT2D eigenvalue weighted by molar-refractivity contribution is 7.89. The van der Waals surface area contributed by atoms with Gasteiger partial charge in [-0.1, -0.05) is 67.4 Å². The SMILES string of the molecule is COC(=O)C1CN(C(C)C)S(=O)(=O)c2c(-c3cccc(C(F)(F)F)c3)c(Cc3cccc4ccccc34)c(NC3CCCC3)c(=O)n21. The lowest BCUT2D eigenvalue weighted by Gasteiger charge is -2.38. The lowest BCUT2D eigenvalue weighted by molar-refractivity contribution is -0.145. The zero-order valence-corrected chi connectivity index (χ0v) is 27.1. The van der Waals surface area contributed by atoms with Gasteiger partial charge in [0.25, 0.3) is 15.6 Å². The molecule has 6 rings (SSSR count). The fourth-order valence-electron chi connectivity index (χ4n) is 6.90. The number of ether oxygens (including phenoxy) is 1. The van der Waals surface area contributed by atoms with Gasteiger partial charge in [0.2, 0.25) is 0 Å².